The maximum Gasteiger partial charge on any atom is 0.326 e. The highest BCUT2D eigenvalue weighted by molar-refractivity contribution is 6.07. The van der Waals surface area contributed by atoms with Gasteiger partial charge in [0.25, 0.3) is 11.6 Å². The molecule has 28 heavy (non-hydrogen) atoms. The Labute approximate surface area is 162 Å². The molecule has 150 valence electrons. The average molecular weight is 387 g/mol. The van der Waals surface area contributed by atoms with Crippen molar-refractivity contribution in [2.75, 3.05) is 13.2 Å². The molecule has 1 saturated carbocycles. The lowest BCUT2D eigenvalue weighted by Gasteiger charge is -2.28. The lowest BCUT2D eigenvalue weighted by Crippen LogP contribution is -2.48. The van der Waals surface area contributed by atoms with Crippen LogP contribution in [0.2, 0.25) is 0 Å². The minimum atomic E-state index is -1.05. The molecule has 2 aliphatic rings. The Balaban J connectivity index is 1.70. The fourth-order valence-electron chi connectivity index (χ4n) is 3.78. The molecule has 8 heteroatoms. The minimum absolute atomic E-state index is 0.0448. The number of carbonyl (C=O) groups excluding carboxylic acids is 1. The van der Waals surface area contributed by atoms with Crippen LogP contribution in [0.4, 0.5) is 0 Å². The molecule has 2 aromatic heterocycles. The van der Waals surface area contributed by atoms with Crippen molar-refractivity contribution in [3.05, 3.63) is 23.0 Å². The van der Waals surface area contributed by atoms with E-state index in [0.717, 1.165) is 25.0 Å². The Morgan fingerprint density at radius 1 is 1.29 bits per heavy atom. The average Bonchev–Trinajstić information content (AvgIpc) is 3.44. The number of hydrogen-bond acceptors (Lipinski definition) is 6. The molecule has 0 radical (unpaired) electrons. The summed E-state index contributed by atoms with van der Waals surface area (Å²) < 4.78 is 10.8. The largest absolute Gasteiger partial charge is 0.480 e. The quantitative estimate of drug-likeness (QED) is 0.783. The lowest BCUT2D eigenvalue weighted by molar-refractivity contribution is -0.142. The maximum absolute atomic E-state index is 13.2. The Morgan fingerprint density at radius 2 is 2.07 bits per heavy atom. The molecular formula is C20H25N3O5. The molecule has 0 aromatic carbocycles. The second-order valence-corrected chi connectivity index (χ2v) is 8.04. The SMILES string of the molecule is CC(C)c1noc2nc(C3CC3)cc(C(=O)NC(C(=O)O)C3CCCOC3)c12. The van der Waals surface area contributed by atoms with Crippen molar-refractivity contribution in [3.63, 3.8) is 0 Å². The second kappa shape index (κ2) is 7.50. The van der Waals surface area contributed by atoms with E-state index in [9.17, 15) is 14.7 Å². The van der Waals surface area contributed by atoms with Gasteiger partial charge in [-0.1, -0.05) is 19.0 Å². The third kappa shape index (κ3) is 3.61. The van der Waals surface area contributed by atoms with Gasteiger partial charge in [-0.25, -0.2) is 9.78 Å². The topological polar surface area (TPSA) is 115 Å². The van der Waals surface area contributed by atoms with Crippen LogP contribution in [-0.4, -0.2) is 46.4 Å². The van der Waals surface area contributed by atoms with Crippen molar-refractivity contribution < 1.29 is 24.0 Å². The van der Waals surface area contributed by atoms with Gasteiger partial charge < -0.3 is 19.7 Å². The highest BCUT2D eigenvalue weighted by atomic mass is 16.5. The fraction of sp³-hybridized carbons (Fsp3) is 0.600. The lowest BCUT2D eigenvalue weighted by atomic mass is 9.93. The first kappa shape index (κ1) is 18.9. The van der Waals surface area contributed by atoms with Crippen molar-refractivity contribution in [1.29, 1.82) is 0 Å². The Morgan fingerprint density at radius 3 is 2.68 bits per heavy atom. The molecule has 0 spiro atoms. The summed E-state index contributed by atoms with van der Waals surface area (Å²) in [6.45, 7) is 4.90. The van der Waals surface area contributed by atoms with Crippen LogP contribution >= 0.6 is 0 Å². The summed E-state index contributed by atoms with van der Waals surface area (Å²) in [5, 5.41) is 17.1. The number of aliphatic carboxylic acids is 1. The zero-order valence-corrected chi connectivity index (χ0v) is 16.1. The van der Waals surface area contributed by atoms with Crippen LogP contribution in [0.1, 0.15) is 73.1 Å². The number of nitrogens with one attached hydrogen (secondary N) is 1. The number of amides is 1. The number of fused-ring (bicyclic) bond motifs is 1. The summed E-state index contributed by atoms with van der Waals surface area (Å²) in [7, 11) is 0. The Bertz CT molecular complexity index is 897. The molecule has 8 nitrogen and oxygen atoms in total. The first-order chi connectivity index (χ1) is 13.5. The van der Waals surface area contributed by atoms with Crippen molar-refractivity contribution in [2.45, 2.75) is 57.4 Å². The van der Waals surface area contributed by atoms with Crippen LogP contribution in [-0.2, 0) is 9.53 Å². The van der Waals surface area contributed by atoms with E-state index in [4.69, 9.17) is 9.26 Å². The van der Waals surface area contributed by atoms with Gasteiger partial charge >= 0.3 is 5.97 Å². The zero-order valence-electron chi connectivity index (χ0n) is 16.1. The third-order valence-corrected chi connectivity index (χ3v) is 5.50. The van der Waals surface area contributed by atoms with Crippen LogP contribution in [0.15, 0.2) is 10.6 Å². The van der Waals surface area contributed by atoms with E-state index in [-0.39, 0.29) is 11.8 Å². The predicted molar refractivity (Wildman–Crippen MR) is 100 cm³/mol. The van der Waals surface area contributed by atoms with Crippen LogP contribution in [0.25, 0.3) is 11.1 Å². The number of carboxylic acids is 1. The molecule has 2 N–H and O–H groups in total. The van der Waals surface area contributed by atoms with E-state index in [1.807, 2.05) is 13.8 Å². The van der Waals surface area contributed by atoms with Gasteiger partial charge in [0.05, 0.1) is 23.3 Å². The molecule has 1 saturated heterocycles. The summed E-state index contributed by atoms with van der Waals surface area (Å²) in [6.07, 6.45) is 3.56. The van der Waals surface area contributed by atoms with Gasteiger partial charge in [0.2, 0.25) is 0 Å². The number of ether oxygens (including phenoxy) is 1. The van der Waals surface area contributed by atoms with Gasteiger partial charge in [-0.2, -0.15) is 0 Å². The normalized spacial score (nSPS) is 21.0. The van der Waals surface area contributed by atoms with Crippen molar-refractivity contribution in [3.8, 4) is 0 Å². The summed E-state index contributed by atoms with van der Waals surface area (Å²) in [4.78, 5) is 29.5. The number of carbonyl (C=O) groups is 2. The van der Waals surface area contributed by atoms with E-state index in [0.29, 0.717) is 47.9 Å². The summed E-state index contributed by atoms with van der Waals surface area (Å²) in [5.74, 6) is -1.36. The smallest absolute Gasteiger partial charge is 0.326 e. The van der Waals surface area contributed by atoms with Gasteiger partial charge in [0.1, 0.15) is 6.04 Å². The highest BCUT2D eigenvalue weighted by Gasteiger charge is 2.34. The fourth-order valence-corrected chi connectivity index (χ4v) is 3.78. The van der Waals surface area contributed by atoms with Crippen molar-refractivity contribution in [2.24, 2.45) is 5.92 Å². The van der Waals surface area contributed by atoms with Crippen molar-refractivity contribution >= 4 is 23.0 Å². The molecule has 3 heterocycles. The zero-order chi connectivity index (χ0) is 19.8. The van der Waals surface area contributed by atoms with Gasteiger partial charge in [0, 0.05) is 24.1 Å². The van der Waals surface area contributed by atoms with Gasteiger partial charge in [-0.3, -0.25) is 4.79 Å². The Kier molecular flexibility index (Phi) is 5.05. The molecule has 4 rings (SSSR count). The summed E-state index contributed by atoms with van der Waals surface area (Å²) in [6, 6.07) is 0.775. The molecule has 1 amide bonds. The van der Waals surface area contributed by atoms with Gasteiger partial charge in [-0.05, 0) is 37.7 Å². The van der Waals surface area contributed by atoms with E-state index in [1.165, 1.54) is 0 Å². The number of aromatic nitrogens is 2. The Hall–Kier alpha value is -2.48. The van der Waals surface area contributed by atoms with Crippen molar-refractivity contribution in [1.82, 2.24) is 15.5 Å². The molecule has 2 atom stereocenters. The summed E-state index contributed by atoms with van der Waals surface area (Å²) in [5.41, 5.74) is 2.19. The molecule has 2 aromatic rings. The standard InChI is InChI=1S/C20H25N3O5/c1-10(2)16-15-13(8-14(11-5-6-11)21-19(15)28-23-16)18(24)22-17(20(25)26)12-4-3-7-27-9-12/h8,10-12,17H,3-7,9H2,1-2H3,(H,22,24)(H,25,26). The highest BCUT2D eigenvalue weighted by Crippen LogP contribution is 2.41. The number of pyridine rings is 1. The van der Waals surface area contributed by atoms with Crippen LogP contribution in [0, 0.1) is 5.92 Å². The van der Waals surface area contributed by atoms with Crippen LogP contribution < -0.4 is 5.32 Å². The third-order valence-electron chi connectivity index (χ3n) is 5.50. The predicted octanol–water partition coefficient (Wildman–Crippen LogP) is 2.83. The monoisotopic (exact) mass is 387 g/mol. The molecule has 0 bridgehead atoms. The number of carboxylic acid groups (broad SMARTS) is 1. The summed E-state index contributed by atoms with van der Waals surface area (Å²) >= 11 is 0. The number of hydrogen-bond donors (Lipinski definition) is 2. The van der Waals surface area contributed by atoms with Gasteiger partial charge in [0.15, 0.2) is 0 Å². The van der Waals surface area contributed by atoms with E-state index >= 15 is 0 Å². The first-order valence-corrected chi connectivity index (χ1v) is 9.87. The van der Waals surface area contributed by atoms with E-state index in [1.54, 1.807) is 6.07 Å². The second-order valence-electron chi connectivity index (χ2n) is 8.04. The molecule has 2 fully saturated rings. The first-order valence-electron chi connectivity index (χ1n) is 9.87. The van der Waals surface area contributed by atoms with Crippen LogP contribution in [0.3, 0.4) is 0 Å². The minimum Gasteiger partial charge on any atom is -0.480 e. The van der Waals surface area contributed by atoms with Crippen LogP contribution in [0.5, 0.6) is 0 Å². The van der Waals surface area contributed by atoms with E-state index in [2.05, 4.69) is 15.5 Å². The molecular weight excluding hydrogens is 362 g/mol. The molecule has 1 aliphatic carbocycles. The maximum atomic E-state index is 13.2. The number of rotatable bonds is 6. The van der Waals surface area contributed by atoms with Gasteiger partial charge in [-0.15, -0.1) is 0 Å². The molecule has 1 aliphatic heterocycles. The van der Waals surface area contributed by atoms with E-state index < -0.39 is 17.9 Å². The molecule has 2 unspecified atom stereocenters. The number of nitrogens with zero attached hydrogens (tertiary/aromatic N) is 2.